The third-order valence-electron chi connectivity index (χ3n) is 6.96. The molecule has 0 radical (unpaired) electrons. The van der Waals surface area contributed by atoms with Crippen LogP contribution in [0.2, 0.25) is 0 Å². The lowest BCUT2D eigenvalue weighted by atomic mass is 9.77. The van der Waals surface area contributed by atoms with Crippen molar-refractivity contribution in [3.8, 4) is 5.75 Å². The van der Waals surface area contributed by atoms with Crippen LogP contribution in [0.5, 0.6) is 5.75 Å². The summed E-state index contributed by atoms with van der Waals surface area (Å²) in [5.74, 6) is 1.22. The van der Waals surface area contributed by atoms with Gasteiger partial charge in [0.1, 0.15) is 5.75 Å². The number of carbonyl (C=O) groups excluding carboxylic acids is 1. The summed E-state index contributed by atoms with van der Waals surface area (Å²) in [6.07, 6.45) is 8.64. The van der Waals surface area contributed by atoms with Gasteiger partial charge in [0, 0.05) is 25.7 Å². The van der Waals surface area contributed by atoms with Crippen LogP contribution in [0, 0.1) is 11.8 Å². The third kappa shape index (κ3) is 4.17. The molecule has 6 nitrogen and oxygen atoms in total. The van der Waals surface area contributed by atoms with Crippen molar-refractivity contribution in [3.63, 3.8) is 0 Å². The van der Waals surface area contributed by atoms with Gasteiger partial charge in [-0.05, 0) is 68.7 Å². The fraction of sp³-hybridized carbons (Fsp3) is 0.682. The highest BCUT2D eigenvalue weighted by Gasteiger charge is 2.40. The molecule has 1 amide bonds. The molecule has 29 heavy (non-hydrogen) atoms. The summed E-state index contributed by atoms with van der Waals surface area (Å²) in [4.78, 5) is 15.8. The van der Waals surface area contributed by atoms with Gasteiger partial charge in [-0.15, -0.1) is 0 Å². The van der Waals surface area contributed by atoms with Crippen molar-refractivity contribution in [2.75, 3.05) is 26.7 Å². The molecule has 1 aromatic rings. The second-order valence-corrected chi connectivity index (χ2v) is 10.6. The molecule has 4 rings (SSSR count). The van der Waals surface area contributed by atoms with Crippen molar-refractivity contribution in [1.29, 1.82) is 0 Å². The molecule has 2 aliphatic heterocycles. The summed E-state index contributed by atoms with van der Waals surface area (Å²) in [5, 5.41) is 0. The van der Waals surface area contributed by atoms with Crippen LogP contribution in [-0.2, 0) is 14.8 Å². The number of piperidine rings is 2. The van der Waals surface area contributed by atoms with Crippen LogP contribution in [0.1, 0.15) is 51.4 Å². The van der Waals surface area contributed by atoms with Crippen LogP contribution < -0.4 is 4.74 Å². The lowest BCUT2D eigenvalue weighted by Gasteiger charge is -2.46. The molecule has 7 heteroatoms. The minimum Gasteiger partial charge on any atom is -0.497 e. The molecule has 1 aliphatic carbocycles. The summed E-state index contributed by atoms with van der Waals surface area (Å²) in [6.45, 7) is 1.60. The van der Waals surface area contributed by atoms with E-state index in [1.807, 2.05) is 0 Å². The lowest BCUT2D eigenvalue weighted by Crippen LogP contribution is -2.54. The molecule has 0 unspecified atom stereocenters. The number of methoxy groups -OCH3 is 1. The normalized spacial score (nSPS) is 28.6. The minimum absolute atomic E-state index is 0.177. The monoisotopic (exact) mass is 420 g/mol. The largest absolute Gasteiger partial charge is 0.497 e. The number of fused-ring (bicyclic) bond motifs is 1. The van der Waals surface area contributed by atoms with Crippen molar-refractivity contribution in [2.45, 2.75) is 62.3 Å². The van der Waals surface area contributed by atoms with Gasteiger partial charge in [0.25, 0.3) is 0 Å². The van der Waals surface area contributed by atoms with Crippen LogP contribution in [0.15, 0.2) is 29.2 Å². The zero-order valence-electron chi connectivity index (χ0n) is 17.3. The first-order valence-electron chi connectivity index (χ1n) is 11.0. The van der Waals surface area contributed by atoms with Crippen molar-refractivity contribution in [2.24, 2.45) is 11.8 Å². The molecule has 2 saturated heterocycles. The number of rotatable bonds is 4. The Labute approximate surface area is 174 Å². The van der Waals surface area contributed by atoms with Gasteiger partial charge in [-0.1, -0.05) is 12.8 Å². The average Bonchev–Trinajstić information content (AvgIpc) is 2.78. The van der Waals surface area contributed by atoms with Crippen LogP contribution in [0.25, 0.3) is 0 Å². The second kappa shape index (κ2) is 8.64. The van der Waals surface area contributed by atoms with E-state index < -0.39 is 10.0 Å². The number of sulfonamides is 1. The predicted octanol–water partition coefficient (Wildman–Crippen LogP) is 3.28. The van der Waals surface area contributed by atoms with E-state index in [9.17, 15) is 13.2 Å². The first kappa shape index (κ1) is 20.7. The van der Waals surface area contributed by atoms with Gasteiger partial charge in [0.2, 0.25) is 15.9 Å². The van der Waals surface area contributed by atoms with E-state index >= 15 is 0 Å². The molecule has 1 aromatic carbocycles. The lowest BCUT2D eigenvalue weighted by molar-refractivity contribution is -0.143. The zero-order chi connectivity index (χ0) is 20.4. The standard InChI is InChI=1S/C22H32N2O4S/c1-28-19-10-12-20(13-11-19)29(26,27)23-14-4-8-18(16-23)22(25)24-15-5-7-17-6-2-3-9-21(17)24/h10-13,17-18,21H,2-9,14-16H2,1H3/t17-,18+,21-/m1/s1. The molecule has 3 aliphatic rings. The first-order valence-corrected chi connectivity index (χ1v) is 12.4. The van der Waals surface area contributed by atoms with Gasteiger partial charge in [0.05, 0.1) is 17.9 Å². The summed E-state index contributed by atoms with van der Waals surface area (Å²) in [6, 6.07) is 6.86. The van der Waals surface area contributed by atoms with Crippen LogP contribution in [-0.4, -0.2) is 56.3 Å². The molecule has 2 heterocycles. The molecule has 3 fully saturated rings. The Balaban J connectivity index is 1.47. The Hall–Kier alpha value is -1.60. The molecular formula is C22H32N2O4S. The number of likely N-dealkylation sites (tertiary alicyclic amines) is 1. The quantitative estimate of drug-likeness (QED) is 0.750. The first-order chi connectivity index (χ1) is 14.0. The highest BCUT2D eigenvalue weighted by Crippen LogP contribution is 2.37. The van der Waals surface area contributed by atoms with E-state index in [4.69, 9.17) is 4.74 Å². The van der Waals surface area contributed by atoms with Gasteiger partial charge in [0.15, 0.2) is 0 Å². The van der Waals surface area contributed by atoms with Crippen molar-refractivity contribution in [3.05, 3.63) is 24.3 Å². The smallest absolute Gasteiger partial charge is 0.243 e. The molecular weight excluding hydrogens is 388 g/mol. The van der Waals surface area contributed by atoms with Crippen molar-refractivity contribution < 1.29 is 17.9 Å². The summed E-state index contributed by atoms with van der Waals surface area (Å²) >= 11 is 0. The van der Waals surface area contributed by atoms with Gasteiger partial charge >= 0.3 is 0 Å². The maximum atomic E-state index is 13.4. The summed E-state index contributed by atoms with van der Waals surface area (Å²) in [7, 11) is -2.04. The Morgan fingerprint density at radius 1 is 0.966 bits per heavy atom. The molecule has 0 aromatic heterocycles. The number of amides is 1. The van der Waals surface area contributed by atoms with Crippen LogP contribution in [0.4, 0.5) is 0 Å². The SMILES string of the molecule is COc1ccc(S(=O)(=O)N2CCC[C@H](C(=O)N3CCC[C@H]4CCCC[C@H]43)C2)cc1. The minimum atomic E-state index is -3.60. The Kier molecular flexibility index (Phi) is 6.16. The van der Waals surface area contributed by atoms with E-state index in [0.29, 0.717) is 30.8 Å². The Morgan fingerprint density at radius 3 is 2.41 bits per heavy atom. The molecule has 0 N–H and O–H groups in total. The average molecular weight is 421 g/mol. The number of nitrogens with zero attached hydrogens (tertiary/aromatic N) is 2. The zero-order valence-corrected chi connectivity index (χ0v) is 18.1. The van der Waals surface area contributed by atoms with Gasteiger partial charge in [-0.3, -0.25) is 4.79 Å². The predicted molar refractivity (Wildman–Crippen MR) is 111 cm³/mol. The summed E-state index contributed by atoms with van der Waals surface area (Å²) in [5.41, 5.74) is 0. The van der Waals surface area contributed by atoms with E-state index in [0.717, 1.165) is 32.2 Å². The maximum Gasteiger partial charge on any atom is 0.243 e. The van der Waals surface area contributed by atoms with Gasteiger partial charge in [-0.2, -0.15) is 4.31 Å². The third-order valence-corrected chi connectivity index (χ3v) is 8.84. The van der Waals surface area contributed by atoms with Crippen molar-refractivity contribution >= 4 is 15.9 Å². The van der Waals surface area contributed by atoms with Crippen LogP contribution in [0.3, 0.4) is 0 Å². The highest BCUT2D eigenvalue weighted by molar-refractivity contribution is 7.89. The van der Waals surface area contributed by atoms with Crippen LogP contribution >= 0.6 is 0 Å². The number of hydrogen-bond acceptors (Lipinski definition) is 4. The van der Waals surface area contributed by atoms with E-state index in [1.165, 1.54) is 30.0 Å². The topological polar surface area (TPSA) is 66.9 Å². The fourth-order valence-electron chi connectivity index (χ4n) is 5.39. The fourth-order valence-corrected chi connectivity index (χ4v) is 6.92. The number of carbonyl (C=O) groups is 1. The Morgan fingerprint density at radius 2 is 1.66 bits per heavy atom. The number of benzene rings is 1. The molecule has 0 bridgehead atoms. The van der Waals surface area contributed by atoms with E-state index in [-0.39, 0.29) is 16.7 Å². The van der Waals surface area contributed by atoms with Gasteiger partial charge in [-0.25, -0.2) is 8.42 Å². The summed E-state index contributed by atoms with van der Waals surface area (Å²) < 4.78 is 32.9. The molecule has 160 valence electrons. The Bertz CT molecular complexity index is 822. The van der Waals surface area contributed by atoms with E-state index in [1.54, 1.807) is 31.4 Å². The maximum absolute atomic E-state index is 13.4. The van der Waals surface area contributed by atoms with Gasteiger partial charge < -0.3 is 9.64 Å². The van der Waals surface area contributed by atoms with Crippen molar-refractivity contribution in [1.82, 2.24) is 9.21 Å². The molecule has 0 spiro atoms. The molecule has 3 atom stereocenters. The number of hydrogen-bond donors (Lipinski definition) is 0. The highest BCUT2D eigenvalue weighted by atomic mass is 32.2. The second-order valence-electron chi connectivity index (χ2n) is 8.66. The number of ether oxygens (including phenoxy) is 1. The molecule has 1 saturated carbocycles. The van der Waals surface area contributed by atoms with E-state index in [2.05, 4.69) is 4.90 Å².